The van der Waals surface area contributed by atoms with Crippen LogP contribution in [0.4, 0.5) is 5.69 Å². The van der Waals surface area contributed by atoms with Crippen LogP contribution in [0.1, 0.15) is 6.92 Å². The number of amides is 1. The Morgan fingerprint density at radius 3 is 2.80 bits per heavy atom. The summed E-state index contributed by atoms with van der Waals surface area (Å²) in [4.78, 5) is 11.4. The minimum absolute atomic E-state index is 0.138. The maximum absolute atomic E-state index is 11.4. The van der Waals surface area contributed by atoms with Crippen LogP contribution in [0, 0.1) is 0 Å². The molecule has 15 heavy (non-hydrogen) atoms. The Bertz CT molecular complexity index is 355. The van der Waals surface area contributed by atoms with Gasteiger partial charge < -0.3 is 10.6 Å². The molecule has 0 aliphatic rings. The fourth-order valence-electron chi connectivity index (χ4n) is 1.03. The number of hydrogen-bond donors (Lipinski definition) is 2. The van der Waals surface area contributed by atoms with Crippen molar-refractivity contribution in [3.63, 3.8) is 0 Å². The number of carbonyl (C=O) groups excluding carboxylic acids is 1. The van der Waals surface area contributed by atoms with E-state index in [9.17, 15) is 4.79 Å². The van der Waals surface area contributed by atoms with E-state index in [0.717, 1.165) is 6.54 Å². The SMILES string of the molecule is CCNCC(=O)Nc1cc(Cl)ccc1Cl. The maximum Gasteiger partial charge on any atom is 0.238 e. The van der Waals surface area contributed by atoms with Gasteiger partial charge in [-0.2, -0.15) is 0 Å². The highest BCUT2D eigenvalue weighted by Gasteiger charge is 2.05. The van der Waals surface area contributed by atoms with E-state index in [1.807, 2.05) is 6.92 Å². The highest BCUT2D eigenvalue weighted by atomic mass is 35.5. The van der Waals surface area contributed by atoms with Crippen molar-refractivity contribution in [2.45, 2.75) is 6.92 Å². The van der Waals surface area contributed by atoms with E-state index in [0.29, 0.717) is 15.7 Å². The predicted octanol–water partition coefficient (Wildman–Crippen LogP) is 2.54. The molecule has 0 heterocycles. The van der Waals surface area contributed by atoms with Crippen molar-refractivity contribution < 1.29 is 4.79 Å². The fourth-order valence-corrected chi connectivity index (χ4v) is 1.36. The quantitative estimate of drug-likeness (QED) is 0.858. The summed E-state index contributed by atoms with van der Waals surface area (Å²) in [6.07, 6.45) is 0. The molecule has 0 atom stereocenters. The van der Waals surface area contributed by atoms with E-state index < -0.39 is 0 Å². The Balaban J connectivity index is 2.63. The number of halogens is 2. The van der Waals surface area contributed by atoms with Crippen molar-refractivity contribution in [1.29, 1.82) is 0 Å². The van der Waals surface area contributed by atoms with Crippen LogP contribution in [0.25, 0.3) is 0 Å². The molecule has 0 saturated carbocycles. The summed E-state index contributed by atoms with van der Waals surface area (Å²) in [5.74, 6) is -0.138. The largest absolute Gasteiger partial charge is 0.324 e. The molecule has 0 unspecified atom stereocenters. The van der Waals surface area contributed by atoms with Crippen molar-refractivity contribution in [3.8, 4) is 0 Å². The molecule has 3 nitrogen and oxygen atoms in total. The van der Waals surface area contributed by atoms with Gasteiger partial charge in [-0.3, -0.25) is 4.79 Å². The van der Waals surface area contributed by atoms with Gasteiger partial charge in [-0.25, -0.2) is 0 Å². The molecule has 0 aliphatic carbocycles. The second-order valence-corrected chi connectivity index (χ2v) is 3.80. The fraction of sp³-hybridized carbons (Fsp3) is 0.300. The van der Waals surface area contributed by atoms with Crippen LogP contribution in [0.2, 0.25) is 10.0 Å². The van der Waals surface area contributed by atoms with Crippen molar-refractivity contribution in [2.75, 3.05) is 18.4 Å². The Labute approximate surface area is 98.8 Å². The number of anilines is 1. The molecule has 5 heteroatoms. The summed E-state index contributed by atoms with van der Waals surface area (Å²) in [5.41, 5.74) is 0.534. The molecule has 1 rings (SSSR count). The van der Waals surface area contributed by atoms with E-state index in [1.165, 1.54) is 0 Å². The molecule has 0 fully saturated rings. The molecule has 0 radical (unpaired) electrons. The Morgan fingerprint density at radius 1 is 1.40 bits per heavy atom. The topological polar surface area (TPSA) is 41.1 Å². The summed E-state index contributed by atoms with van der Waals surface area (Å²) in [6, 6.07) is 4.93. The van der Waals surface area contributed by atoms with Crippen LogP contribution >= 0.6 is 23.2 Å². The van der Waals surface area contributed by atoms with E-state index in [2.05, 4.69) is 10.6 Å². The van der Waals surface area contributed by atoms with Gasteiger partial charge in [0.05, 0.1) is 17.3 Å². The molecular weight excluding hydrogens is 235 g/mol. The molecule has 1 aromatic carbocycles. The molecule has 1 amide bonds. The Hall–Kier alpha value is -0.770. The molecule has 1 aromatic rings. The minimum atomic E-state index is -0.138. The van der Waals surface area contributed by atoms with E-state index >= 15 is 0 Å². The first kappa shape index (κ1) is 12.3. The Morgan fingerprint density at radius 2 is 2.13 bits per heavy atom. The highest BCUT2D eigenvalue weighted by Crippen LogP contribution is 2.25. The second kappa shape index (κ2) is 5.95. The first-order valence-electron chi connectivity index (χ1n) is 4.59. The minimum Gasteiger partial charge on any atom is -0.324 e. The van der Waals surface area contributed by atoms with Gasteiger partial charge in [0.15, 0.2) is 0 Å². The van der Waals surface area contributed by atoms with Gasteiger partial charge in [0, 0.05) is 5.02 Å². The summed E-state index contributed by atoms with van der Waals surface area (Å²) in [6.45, 7) is 2.94. The lowest BCUT2D eigenvalue weighted by molar-refractivity contribution is -0.115. The normalized spacial score (nSPS) is 10.1. The zero-order valence-electron chi connectivity index (χ0n) is 8.31. The van der Waals surface area contributed by atoms with Crippen LogP contribution in [0.3, 0.4) is 0 Å². The summed E-state index contributed by atoms with van der Waals surface area (Å²) >= 11 is 11.7. The smallest absolute Gasteiger partial charge is 0.238 e. The summed E-state index contributed by atoms with van der Waals surface area (Å²) < 4.78 is 0. The molecule has 0 aliphatic heterocycles. The number of rotatable bonds is 4. The standard InChI is InChI=1S/C10H12Cl2N2O/c1-2-13-6-10(15)14-9-5-7(11)3-4-8(9)12/h3-5,13H,2,6H2,1H3,(H,14,15). The van der Waals surface area contributed by atoms with Gasteiger partial charge in [-0.15, -0.1) is 0 Å². The van der Waals surface area contributed by atoms with Crippen molar-refractivity contribution in [2.24, 2.45) is 0 Å². The average Bonchev–Trinajstić information content (AvgIpc) is 2.20. The highest BCUT2D eigenvalue weighted by molar-refractivity contribution is 6.35. The maximum atomic E-state index is 11.4. The molecule has 0 aromatic heterocycles. The molecule has 0 spiro atoms. The van der Waals surface area contributed by atoms with Gasteiger partial charge in [0.2, 0.25) is 5.91 Å². The molecule has 0 saturated heterocycles. The van der Waals surface area contributed by atoms with Crippen LogP contribution in [0.15, 0.2) is 18.2 Å². The number of likely N-dealkylation sites (N-methyl/N-ethyl adjacent to an activating group) is 1. The third kappa shape index (κ3) is 4.08. The molecule has 2 N–H and O–H groups in total. The summed E-state index contributed by atoms with van der Waals surface area (Å²) in [5, 5.41) is 6.60. The average molecular weight is 247 g/mol. The van der Waals surface area contributed by atoms with Gasteiger partial charge in [-0.1, -0.05) is 30.1 Å². The zero-order chi connectivity index (χ0) is 11.3. The van der Waals surface area contributed by atoms with Crippen molar-refractivity contribution >= 4 is 34.8 Å². The lowest BCUT2D eigenvalue weighted by Crippen LogP contribution is -2.27. The lowest BCUT2D eigenvalue weighted by Gasteiger charge is -2.07. The molecular formula is C10H12Cl2N2O. The van der Waals surface area contributed by atoms with Gasteiger partial charge in [0.1, 0.15) is 0 Å². The Kier molecular flexibility index (Phi) is 4.88. The zero-order valence-corrected chi connectivity index (χ0v) is 9.82. The van der Waals surface area contributed by atoms with E-state index in [1.54, 1.807) is 18.2 Å². The lowest BCUT2D eigenvalue weighted by atomic mass is 10.3. The van der Waals surface area contributed by atoms with Crippen LogP contribution < -0.4 is 10.6 Å². The van der Waals surface area contributed by atoms with Crippen LogP contribution in [0.5, 0.6) is 0 Å². The first-order chi connectivity index (χ1) is 7.13. The van der Waals surface area contributed by atoms with E-state index in [-0.39, 0.29) is 12.5 Å². The van der Waals surface area contributed by atoms with Crippen LogP contribution in [-0.2, 0) is 4.79 Å². The van der Waals surface area contributed by atoms with E-state index in [4.69, 9.17) is 23.2 Å². The molecule has 0 bridgehead atoms. The first-order valence-corrected chi connectivity index (χ1v) is 5.34. The van der Waals surface area contributed by atoms with Crippen molar-refractivity contribution in [1.82, 2.24) is 5.32 Å². The number of carbonyl (C=O) groups is 1. The number of hydrogen-bond acceptors (Lipinski definition) is 2. The molecule has 82 valence electrons. The van der Waals surface area contributed by atoms with Gasteiger partial charge >= 0.3 is 0 Å². The monoisotopic (exact) mass is 246 g/mol. The third-order valence-electron chi connectivity index (χ3n) is 1.74. The summed E-state index contributed by atoms with van der Waals surface area (Å²) in [7, 11) is 0. The number of benzene rings is 1. The second-order valence-electron chi connectivity index (χ2n) is 2.95. The van der Waals surface area contributed by atoms with Gasteiger partial charge in [-0.05, 0) is 24.7 Å². The number of nitrogens with one attached hydrogen (secondary N) is 2. The third-order valence-corrected chi connectivity index (χ3v) is 2.30. The predicted molar refractivity (Wildman–Crippen MR) is 63.6 cm³/mol. The van der Waals surface area contributed by atoms with Crippen molar-refractivity contribution in [3.05, 3.63) is 28.2 Å². The van der Waals surface area contributed by atoms with Crippen LogP contribution in [-0.4, -0.2) is 19.0 Å². The van der Waals surface area contributed by atoms with Gasteiger partial charge in [0.25, 0.3) is 0 Å².